The third-order valence-electron chi connectivity index (χ3n) is 2.45. The van der Waals surface area contributed by atoms with Crippen molar-refractivity contribution in [2.45, 2.75) is 46.0 Å². The first kappa shape index (κ1) is 12.7. The molecule has 0 radical (unpaired) electrons. The molecule has 0 aromatic carbocycles. The van der Waals surface area contributed by atoms with Crippen LogP contribution >= 0.6 is 0 Å². The van der Waals surface area contributed by atoms with Gasteiger partial charge in [-0.1, -0.05) is 34.6 Å². The zero-order valence-corrected chi connectivity index (χ0v) is 10.5. The Kier molecular flexibility index (Phi) is 3.36. The van der Waals surface area contributed by atoms with Gasteiger partial charge in [0.25, 0.3) is 0 Å². The second-order valence-electron chi connectivity index (χ2n) is 5.34. The topological polar surface area (TPSA) is 50.2 Å². The van der Waals surface area contributed by atoms with Gasteiger partial charge in [-0.25, -0.2) is 4.79 Å². The molecule has 0 spiro atoms. The van der Waals surface area contributed by atoms with Crippen LogP contribution in [0.15, 0.2) is 12.1 Å². The molecule has 0 amide bonds. The standard InChI is InChI=1S/C13H19NO2/c1-8(2)10-7-6-9(12(15)16)11(14-10)13(3,4)5/h6-8H,1-5H3,(H,15,16). The van der Waals surface area contributed by atoms with E-state index in [2.05, 4.69) is 18.8 Å². The second-order valence-corrected chi connectivity index (χ2v) is 5.34. The molecule has 16 heavy (non-hydrogen) atoms. The van der Waals surface area contributed by atoms with E-state index >= 15 is 0 Å². The minimum atomic E-state index is -0.910. The summed E-state index contributed by atoms with van der Waals surface area (Å²) in [6.07, 6.45) is 0. The van der Waals surface area contributed by atoms with Crippen LogP contribution in [0.1, 0.15) is 62.3 Å². The maximum absolute atomic E-state index is 11.1. The molecule has 0 aliphatic heterocycles. The molecule has 1 rings (SSSR count). The molecule has 0 aliphatic carbocycles. The average Bonchev–Trinajstić information content (AvgIpc) is 2.15. The summed E-state index contributed by atoms with van der Waals surface area (Å²) in [6.45, 7) is 10.0. The molecule has 1 aromatic heterocycles. The Morgan fingerprint density at radius 1 is 1.31 bits per heavy atom. The number of rotatable bonds is 2. The van der Waals surface area contributed by atoms with Gasteiger partial charge < -0.3 is 5.11 Å². The van der Waals surface area contributed by atoms with Gasteiger partial charge in [-0.15, -0.1) is 0 Å². The van der Waals surface area contributed by atoms with Crippen molar-refractivity contribution in [2.24, 2.45) is 0 Å². The molecule has 0 atom stereocenters. The number of carbonyl (C=O) groups is 1. The van der Waals surface area contributed by atoms with Crippen LogP contribution in [0.5, 0.6) is 0 Å². The van der Waals surface area contributed by atoms with Crippen LogP contribution in [-0.2, 0) is 5.41 Å². The van der Waals surface area contributed by atoms with E-state index in [1.165, 1.54) is 0 Å². The Balaban J connectivity index is 3.39. The van der Waals surface area contributed by atoms with Gasteiger partial charge in [0.05, 0.1) is 11.3 Å². The van der Waals surface area contributed by atoms with Crippen LogP contribution in [0.2, 0.25) is 0 Å². The Hall–Kier alpha value is -1.38. The van der Waals surface area contributed by atoms with Crippen molar-refractivity contribution >= 4 is 5.97 Å². The van der Waals surface area contributed by atoms with Gasteiger partial charge in [-0.05, 0) is 18.1 Å². The molecule has 1 N–H and O–H groups in total. The summed E-state index contributed by atoms with van der Waals surface area (Å²) < 4.78 is 0. The molecule has 0 saturated heterocycles. The van der Waals surface area contributed by atoms with Crippen molar-refractivity contribution in [3.63, 3.8) is 0 Å². The highest BCUT2D eigenvalue weighted by molar-refractivity contribution is 5.89. The fourth-order valence-electron chi connectivity index (χ4n) is 1.54. The zero-order valence-electron chi connectivity index (χ0n) is 10.5. The molecular formula is C13H19NO2. The molecule has 3 nitrogen and oxygen atoms in total. The van der Waals surface area contributed by atoms with Crippen LogP contribution in [0.3, 0.4) is 0 Å². The monoisotopic (exact) mass is 221 g/mol. The highest BCUT2D eigenvalue weighted by Gasteiger charge is 2.24. The normalized spacial score (nSPS) is 11.9. The first-order valence-electron chi connectivity index (χ1n) is 5.48. The number of aromatic nitrogens is 1. The first-order chi connectivity index (χ1) is 7.23. The maximum Gasteiger partial charge on any atom is 0.337 e. The van der Waals surface area contributed by atoms with Gasteiger partial charge in [0.2, 0.25) is 0 Å². The summed E-state index contributed by atoms with van der Waals surface area (Å²) in [4.78, 5) is 15.6. The minimum Gasteiger partial charge on any atom is -0.478 e. The number of nitrogens with zero attached hydrogens (tertiary/aromatic N) is 1. The Morgan fingerprint density at radius 3 is 2.25 bits per heavy atom. The summed E-state index contributed by atoms with van der Waals surface area (Å²) >= 11 is 0. The summed E-state index contributed by atoms with van der Waals surface area (Å²) in [5.41, 5.74) is 1.65. The van der Waals surface area contributed by atoms with Crippen LogP contribution < -0.4 is 0 Å². The molecule has 0 fully saturated rings. The van der Waals surface area contributed by atoms with E-state index in [1.54, 1.807) is 12.1 Å². The van der Waals surface area contributed by atoms with Crippen molar-refractivity contribution in [1.29, 1.82) is 0 Å². The maximum atomic E-state index is 11.1. The van der Waals surface area contributed by atoms with E-state index in [1.807, 2.05) is 20.8 Å². The Labute approximate surface area is 96.5 Å². The molecule has 0 bridgehead atoms. The molecule has 0 saturated carbocycles. The van der Waals surface area contributed by atoms with Crippen molar-refractivity contribution < 1.29 is 9.90 Å². The summed E-state index contributed by atoms with van der Waals surface area (Å²) in [5.74, 6) is -0.600. The molecule has 1 aromatic rings. The van der Waals surface area contributed by atoms with Gasteiger partial charge in [0.15, 0.2) is 0 Å². The lowest BCUT2D eigenvalue weighted by Gasteiger charge is -2.21. The molecule has 3 heteroatoms. The predicted molar refractivity (Wildman–Crippen MR) is 64.0 cm³/mol. The number of hydrogen-bond donors (Lipinski definition) is 1. The number of carboxylic acid groups (broad SMARTS) is 1. The van der Waals surface area contributed by atoms with E-state index in [9.17, 15) is 4.79 Å². The van der Waals surface area contributed by atoms with Crippen molar-refractivity contribution in [1.82, 2.24) is 4.98 Å². The highest BCUT2D eigenvalue weighted by Crippen LogP contribution is 2.26. The van der Waals surface area contributed by atoms with Crippen molar-refractivity contribution in [3.05, 3.63) is 29.1 Å². The van der Waals surface area contributed by atoms with E-state index in [0.29, 0.717) is 17.2 Å². The molecule has 0 unspecified atom stereocenters. The molecule has 0 aliphatic rings. The average molecular weight is 221 g/mol. The fourth-order valence-corrected chi connectivity index (χ4v) is 1.54. The molecule has 88 valence electrons. The van der Waals surface area contributed by atoms with Gasteiger partial charge in [-0.2, -0.15) is 0 Å². The van der Waals surface area contributed by atoms with Crippen LogP contribution in [0.25, 0.3) is 0 Å². The third kappa shape index (κ3) is 2.60. The molecular weight excluding hydrogens is 202 g/mol. The zero-order chi connectivity index (χ0) is 12.5. The molecule has 1 heterocycles. The Bertz CT molecular complexity index is 403. The van der Waals surface area contributed by atoms with Crippen LogP contribution in [0, 0.1) is 0 Å². The number of aromatic carboxylic acids is 1. The largest absolute Gasteiger partial charge is 0.478 e. The van der Waals surface area contributed by atoms with E-state index in [0.717, 1.165) is 5.69 Å². The van der Waals surface area contributed by atoms with Crippen molar-refractivity contribution in [2.75, 3.05) is 0 Å². The second kappa shape index (κ2) is 4.24. The van der Waals surface area contributed by atoms with Crippen LogP contribution in [0.4, 0.5) is 0 Å². The smallest absolute Gasteiger partial charge is 0.337 e. The van der Waals surface area contributed by atoms with E-state index < -0.39 is 5.97 Å². The van der Waals surface area contributed by atoms with Gasteiger partial charge in [0.1, 0.15) is 0 Å². The summed E-state index contributed by atoms with van der Waals surface area (Å²) in [5, 5.41) is 9.12. The fraction of sp³-hybridized carbons (Fsp3) is 0.538. The lowest BCUT2D eigenvalue weighted by Crippen LogP contribution is -2.20. The number of carboxylic acids is 1. The highest BCUT2D eigenvalue weighted by atomic mass is 16.4. The SMILES string of the molecule is CC(C)c1ccc(C(=O)O)c(C(C)(C)C)n1. The van der Waals surface area contributed by atoms with Crippen LogP contribution in [-0.4, -0.2) is 16.1 Å². The summed E-state index contributed by atoms with van der Waals surface area (Å²) in [6, 6.07) is 3.45. The minimum absolute atomic E-state index is 0.251. The lowest BCUT2D eigenvalue weighted by atomic mass is 9.87. The van der Waals surface area contributed by atoms with E-state index in [-0.39, 0.29) is 5.41 Å². The first-order valence-corrected chi connectivity index (χ1v) is 5.48. The Morgan fingerprint density at radius 2 is 1.88 bits per heavy atom. The van der Waals surface area contributed by atoms with Gasteiger partial charge >= 0.3 is 5.97 Å². The number of hydrogen-bond acceptors (Lipinski definition) is 2. The van der Waals surface area contributed by atoms with Gasteiger partial charge in [0, 0.05) is 11.1 Å². The van der Waals surface area contributed by atoms with E-state index in [4.69, 9.17) is 5.11 Å². The lowest BCUT2D eigenvalue weighted by molar-refractivity contribution is 0.0693. The quantitative estimate of drug-likeness (QED) is 0.834. The summed E-state index contributed by atoms with van der Waals surface area (Å²) in [7, 11) is 0. The number of pyridine rings is 1. The van der Waals surface area contributed by atoms with Gasteiger partial charge in [-0.3, -0.25) is 4.98 Å². The van der Waals surface area contributed by atoms with Crippen molar-refractivity contribution in [3.8, 4) is 0 Å². The predicted octanol–water partition coefficient (Wildman–Crippen LogP) is 3.20. The third-order valence-corrected chi connectivity index (χ3v) is 2.45.